The number of amides is 1. The Balaban J connectivity index is 1.68. The number of carbonyl (C=O) groups excluding carboxylic acids is 1. The minimum atomic E-state index is -0.319. The minimum absolute atomic E-state index is 0.0443. The number of halogens is 1. The Morgan fingerprint density at radius 1 is 1.13 bits per heavy atom. The Hall–Kier alpha value is -3.13. The molecule has 30 heavy (non-hydrogen) atoms. The van der Waals surface area contributed by atoms with E-state index in [2.05, 4.69) is 5.16 Å². The fourth-order valence-electron chi connectivity index (χ4n) is 3.24. The third-order valence-electron chi connectivity index (χ3n) is 4.78. The lowest BCUT2D eigenvalue weighted by Gasteiger charge is -2.24. The Labute approximate surface area is 175 Å². The maximum absolute atomic E-state index is 13.2. The van der Waals surface area contributed by atoms with E-state index in [1.165, 1.54) is 19.2 Å². The summed E-state index contributed by atoms with van der Waals surface area (Å²) in [6.07, 6.45) is 0.240. The van der Waals surface area contributed by atoms with Crippen LogP contribution in [0.5, 0.6) is 11.5 Å². The van der Waals surface area contributed by atoms with E-state index < -0.39 is 0 Å². The van der Waals surface area contributed by atoms with E-state index in [1.54, 1.807) is 31.3 Å². The van der Waals surface area contributed by atoms with Gasteiger partial charge < -0.3 is 23.9 Å². The third kappa shape index (κ3) is 5.27. The molecule has 2 aromatic carbocycles. The molecule has 1 amide bonds. The van der Waals surface area contributed by atoms with Gasteiger partial charge in [0.2, 0.25) is 5.91 Å². The fourth-order valence-corrected chi connectivity index (χ4v) is 3.24. The molecule has 0 aliphatic carbocycles. The molecule has 1 aliphatic heterocycles. The standard InChI is InChI=1S/C22H25FN2O5/c1-27-14-22(26)25(12-15-4-7-17(23)8-5-15)13-18-11-19(24-30-18)16-6-9-20(28-2)21(10-16)29-3/h4-10,18H,11-14H2,1-3H3/t18-/m0/s1. The minimum Gasteiger partial charge on any atom is -0.493 e. The highest BCUT2D eigenvalue weighted by Crippen LogP contribution is 2.29. The van der Waals surface area contributed by atoms with Gasteiger partial charge in [0.05, 0.1) is 26.5 Å². The van der Waals surface area contributed by atoms with Crippen LogP contribution in [0.1, 0.15) is 17.5 Å². The number of hydrogen-bond donors (Lipinski definition) is 0. The average molecular weight is 416 g/mol. The highest BCUT2D eigenvalue weighted by Gasteiger charge is 2.27. The van der Waals surface area contributed by atoms with Crippen molar-refractivity contribution in [1.82, 2.24) is 4.90 Å². The van der Waals surface area contributed by atoms with Crippen molar-refractivity contribution in [3.63, 3.8) is 0 Å². The molecular formula is C22H25FN2O5. The molecule has 0 unspecified atom stereocenters. The van der Waals surface area contributed by atoms with Crippen molar-refractivity contribution in [2.45, 2.75) is 19.1 Å². The topological polar surface area (TPSA) is 69.6 Å². The smallest absolute Gasteiger partial charge is 0.248 e. The molecular weight excluding hydrogens is 391 g/mol. The van der Waals surface area contributed by atoms with Gasteiger partial charge in [-0.1, -0.05) is 17.3 Å². The van der Waals surface area contributed by atoms with E-state index in [0.29, 0.717) is 31.0 Å². The summed E-state index contributed by atoms with van der Waals surface area (Å²) in [5.41, 5.74) is 2.45. The summed E-state index contributed by atoms with van der Waals surface area (Å²) in [5, 5.41) is 4.20. The van der Waals surface area contributed by atoms with Crippen LogP contribution in [-0.4, -0.2) is 57.1 Å². The van der Waals surface area contributed by atoms with E-state index >= 15 is 0 Å². The van der Waals surface area contributed by atoms with Crippen molar-refractivity contribution in [2.75, 3.05) is 34.5 Å². The number of methoxy groups -OCH3 is 3. The number of nitrogens with zero attached hydrogens (tertiary/aromatic N) is 2. The number of rotatable bonds is 9. The van der Waals surface area contributed by atoms with Gasteiger partial charge in [0.1, 0.15) is 12.4 Å². The Morgan fingerprint density at radius 3 is 2.53 bits per heavy atom. The SMILES string of the molecule is COCC(=O)N(Cc1ccc(F)cc1)C[C@@H]1CC(c2ccc(OC)c(OC)c2)=NO1. The maximum atomic E-state index is 13.2. The molecule has 0 saturated carbocycles. The predicted molar refractivity (Wildman–Crippen MR) is 109 cm³/mol. The quantitative estimate of drug-likeness (QED) is 0.629. The summed E-state index contributed by atoms with van der Waals surface area (Å²) in [7, 11) is 4.63. The number of oxime groups is 1. The summed E-state index contributed by atoms with van der Waals surface area (Å²) in [6.45, 7) is 0.616. The summed E-state index contributed by atoms with van der Waals surface area (Å²) >= 11 is 0. The van der Waals surface area contributed by atoms with Crippen LogP contribution in [0.3, 0.4) is 0 Å². The van der Waals surface area contributed by atoms with Crippen LogP contribution in [0.25, 0.3) is 0 Å². The van der Waals surface area contributed by atoms with Crippen LogP contribution in [0, 0.1) is 5.82 Å². The van der Waals surface area contributed by atoms with Gasteiger partial charge >= 0.3 is 0 Å². The third-order valence-corrected chi connectivity index (χ3v) is 4.78. The molecule has 3 rings (SSSR count). The normalized spacial score (nSPS) is 15.3. The molecule has 0 fully saturated rings. The van der Waals surface area contributed by atoms with Crippen LogP contribution in [0.15, 0.2) is 47.6 Å². The first-order valence-electron chi connectivity index (χ1n) is 9.50. The van der Waals surface area contributed by atoms with Crippen LogP contribution in [0.2, 0.25) is 0 Å². The lowest BCUT2D eigenvalue weighted by Crippen LogP contribution is -2.39. The molecule has 2 aromatic rings. The largest absolute Gasteiger partial charge is 0.493 e. The van der Waals surface area contributed by atoms with Gasteiger partial charge in [-0.3, -0.25) is 4.79 Å². The molecule has 0 radical (unpaired) electrons. The average Bonchev–Trinajstić information content (AvgIpc) is 3.23. The monoisotopic (exact) mass is 416 g/mol. The summed E-state index contributed by atoms with van der Waals surface area (Å²) in [4.78, 5) is 19.7. The molecule has 0 N–H and O–H groups in total. The van der Waals surface area contributed by atoms with Crippen molar-refractivity contribution in [3.8, 4) is 11.5 Å². The van der Waals surface area contributed by atoms with E-state index in [-0.39, 0.29) is 24.4 Å². The highest BCUT2D eigenvalue weighted by atomic mass is 19.1. The molecule has 7 nitrogen and oxygen atoms in total. The van der Waals surface area contributed by atoms with Crippen LogP contribution < -0.4 is 9.47 Å². The number of ether oxygens (including phenoxy) is 3. The zero-order chi connectivity index (χ0) is 21.5. The molecule has 8 heteroatoms. The van der Waals surface area contributed by atoms with Crippen molar-refractivity contribution >= 4 is 11.6 Å². The fraction of sp³-hybridized carbons (Fsp3) is 0.364. The lowest BCUT2D eigenvalue weighted by molar-refractivity contribution is -0.137. The van der Waals surface area contributed by atoms with E-state index in [9.17, 15) is 9.18 Å². The van der Waals surface area contributed by atoms with E-state index in [1.807, 2.05) is 18.2 Å². The van der Waals surface area contributed by atoms with Gasteiger partial charge in [-0.05, 0) is 35.9 Å². The van der Waals surface area contributed by atoms with Crippen molar-refractivity contribution < 1.29 is 28.2 Å². The van der Waals surface area contributed by atoms with Crippen LogP contribution in [-0.2, 0) is 20.9 Å². The summed E-state index contributed by atoms with van der Waals surface area (Å²) in [5.74, 6) is 0.743. The predicted octanol–water partition coefficient (Wildman–Crippen LogP) is 3.01. The summed E-state index contributed by atoms with van der Waals surface area (Å²) < 4.78 is 28.8. The molecule has 0 spiro atoms. The van der Waals surface area contributed by atoms with Crippen molar-refractivity contribution in [3.05, 3.63) is 59.4 Å². The van der Waals surface area contributed by atoms with Gasteiger partial charge in [0, 0.05) is 25.6 Å². The molecule has 0 saturated heterocycles. The maximum Gasteiger partial charge on any atom is 0.248 e. The van der Waals surface area contributed by atoms with E-state index in [4.69, 9.17) is 19.0 Å². The molecule has 1 atom stereocenters. The molecule has 1 aliphatic rings. The second kappa shape index (κ2) is 10.1. The molecule has 1 heterocycles. The Morgan fingerprint density at radius 2 is 1.87 bits per heavy atom. The first-order chi connectivity index (χ1) is 14.5. The number of hydrogen-bond acceptors (Lipinski definition) is 6. The van der Waals surface area contributed by atoms with Gasteiger partial charge in [-0.25, -0.2) is 4.39 Å². The molecule has 0 bridgehead atoms. The zero-order valence-electron chi connectivity index (χ0n) is 17.3. The second-order valence-electron chi connectivity index (χ2n) is 6.87. The molecule has 0 aromatic heterocycles. The lowest BCUT2D eigenvalue weighted by atomic mass is 10.0. The van der Waals surface area contributed by atoms with Crippen molar-refractivity contribution in [2.24, 2.45) is 5.16 Å². The zero-order valence-corrected chi connectivity index (χ0v) is 17.3. The Kier molecular flexibility index (Phi) is 7.24. The van der Waals surface area contributed by atoms with Crippen molar-refractivity contribution in [1.29, 1.82) is 0 Å². The van der Waals surface area contributed by atoms with Gasteiger partial charge in [0.25, 0.3) is 0 Å². The first kappa shape index (κ1) is 21.6. The summed E-state index contributed by atoms with van der Waals surface area (Å²) in [6, 6.07) is 11.6. The van der Waals surface area contributed by atoms with Crippen LogP contribution in [0.4, 0.5) is 4.39 Å². The number of benzene rings is 2. The number of carbonyl (C=O) groups is 1. The van der Waals surface area contributed by atoms with Crippen LogP contribution >= 0.6 is 0 Å². The van der Waals surface area contributed by atoms with Gasteiger partial charge in [0.15, 0.2) is 17.6 Å². The Bertz CT molecular complexity index is 901. The first-order valence-corrected chi connectivity index (χ1v) is 9.50. The van der Waals surface area contributed by atoms with E-state index in [0.717, 1.165) is 16.8 Å². The van der Waals surface area contributed by atoms with Gasteiger partial charge in [-0.15, -0.1) is 0 Å². The second-order valence-corrected chi connectivity index (χ2v) is 6.87. The van der Waals surface area contributed by atoms with Gasteiger partial charge in [-0.2, -0.15) is 0 Å². The molecule has 160 valence electrons. The highest BCUT2D eigenvalue weighted by molar-refractivity contribution is 6.01.